The van der Waals surface area contributed by atoms with Crippen LogP contribution < -0.4 is 5.32 Å². The number of benzene rings is 2. The van der Waals surface area contributed by atoms with E-state index in [0.29, 0.717) is 13.1 Å². The third kappa shape index (κ3) is 4.21. The highest BCUT2D eigenvalue weighted by atomic mass is 16.3. The monoisotopic (exact) mass is 439 g/mol. The lowest BCUT2D eigenvalue weighted by atomic mass is 9.97. The molecule has 166 valence electrons. The molecule has 0 saturated carbocycles. The number of aromatic nitrogens is 4. The van der Waals surface area contributed by atoms with E-state index in [1.54, 1.807) is 0 Å². The topological polar surface area (TPSA) is 95.6 Å². The summed E-state index contributed by atoms with van der Waals surface area (Å²) in [5, 5.41) is 31.2. The number of pyridine rings is 2. The van der Waals surface area contributed by atoms with Gasteiger partial charge in [-0.15, -0.1) is 10.2 Å². The van der Waals surface area contributed by atoms with Crippen molar-refractivity contribution in [2.75, 3.05) is 13.2 Å². The fourth-order valence-electron chi connectivity index (χ4n) is 4.00. The Hall–Kier alpha value is -3.65. The van der Waals surface area contributed by atoms with Gasteiger partial charge in [-0.05, 0) is 30.2 Å². The van der Waals surface area contributed by atoms with Crippen LogP contribution in [-0.2, 0) is 6.54 Å². The fraction of sp³-hybridized carbons (Fsp3) is 0.192. The van der Waals surface area contributed by atoms with Gasteiger partial charge in [-0.1, -0.05) is 54.6 Å². The van der Waals surface area contributed by atoms with Gasteiger partial charge < -0.3 is 15.5 Å². The Labute approximate surface area is 191 Å². The number of aryl methyl sites for hydroxylation is 1. The summed E-state index contributed by atoms with van der Waals surface area (Å²) in [5.41, 5.74) is 6.81. The minimum absolute atomic E-state index is 0.247. The number of rotatable bonds is 7. The maximum atomic E-state index is 9.49. The van der Waals surface area contributed by atoms with E-state index in [1.807, 2.05) is 41.8 Å². The van der Waals surface area contributed by atoms with Gasteiger partial charge in [-0.25, -0.2) is 4.98 Å². The molecule has 0 radical (unpaired) electrons. The zero-order chi connectivity index (χ0) is 22.8. The van der Waals surface area contributed by atoms with E-state index >= 15 is 0 Å². The van der Waals surface area contributed by atoms with Crippen molar-refractivity contribution in [1.29, 1.82) is 0 Å². The van der Waals surface area contributed by atoms with Gasteiger partial charge in [0.2, 0.25) is 0 Å². The van der Waals surface area contributed by atoms with Crippen molar-refractivity contribution < 1.29 is 10.2 Å². The van der Waals surface area contributed by atoms with E-state index in [0.717, 1.165) is 50.3 Å². The van der Waals surface area contributed by atoms with Gasteiger partial charge in [0.05, 0.1) is 23.9 Å². The first-order valence-corrected chi connectivity index (χ1v) is 10.9. The van der Waals surface area contributed by atoms with E-state index in [9.17, 15) is 5.11 Å². The Balaban J connectivity index is 1.57. The zero-order valence-corrected chi connectivity index (χ0v) is 18.3. The van der Waals surface area contributed by atoms with Gasteiger partial charge in [0.1, 0.15) is 5.82 Å². The molecule has 0 saturated heterocycles. The molecule has 0 amide bonds. The Bertz CT molecular complexity index is 1400. The van der Waals surface area contributed by atoms with Crippen molar-refractivity contribution in [3.8, 4) is 22.4 Å². The highest BCUT2D eigenvalue weighted by Crippen LogP contribution is 2.34. The van der Waals surface area contributed by atoms with E-state index in [2.05, 4.69) is 58.0 Å². The summed E-state index contributed by atoms with van der Waals surface area (Å²) >= 11 is 0. The highest BCUT2D eigenvalue weighted by molar-refractivity contribution is 5.98. The number of fused-ring (bicyclic) bond motifs is 3. The zero-order valence-electron chi connectivity index (χ0n) is 18.3. The van der Waals surface area contributed by atoms with Crippen LogP contribution in [0.4, 0.5) is 0 Å². The van der Waals surface area contributed by atoms with E-state index in [-0.39, 0.29) is 6.61 Å². The number of aliphatic hydroxyl groups is 2. The summed E-state index contributed by atoms with van der Waals surface area (Å²) in [7, 11) is 0. The Morgan fingerprint density at radius 2 is 1.76 bits per heavy atom. The van der Waals surface area contributed by atoms with E-state index in [1.165, 1.54) is 0 Å². The molecule has 0 aliphatic heterocycles. The largest absolute Gasteiger partial charge is 0.394 e. The van der Waals surface area contributed by atoms with Crippen LogP contribution in [0.5, 0.6) is 0 Å². The lowest BCUT2D eigenvalue weighted by molar-refractivity contribution is 0.0942. The van der Waals surface area contributed by atoms with Gasteiger partial charge in [-0.2, -0.15) is 0 Å². The standard InChI is InChI=1S/C26H25N5O2/c1-17-29-30-26-23-13-22(19-5-3-2-4-6-19)25(28-24(23)11-12-31(17)26)20-9-7-18(8-10-20)14-27-15-21(33)16-32/h2-13,21,27,32-33H,14-16H2,1H3. The summed E-state index contributed by atoms with van der Waals surface area (Å²) in [4.78, 5) is 5.05. The van der Waals surface area contributed by atoms with Crippen molar-refractivity contribution in [3.63, 3.8) is 0 Å². The number of nitrogens with one attached hydrogen (secondary N) is 1. The number of hydrogen-bond acceptors (Lipinski definition) is 6. The predicted octanol–water partition coefficient (Wildman–Crippen LogP) is 3.36. The average molecular weight is 440 g/mol. The lowest BCUT2D eigenvalue weighted by Gasteiger charge is -2.13. The van der Waals surface area contributed by atoms with Crippen molar-refractivity contribution in [3.05, 3.63) is 84.3 Å². The van der Waals surface area contributed by atoms with Crippen LogP contribution in [-0.4, -0.2) is 49.1 Å². The number of hydrogen-bond donors (Lipinski definition) is 3. The number of aliphatic hydroxyl groups excluding tert-OH is 2. The van der Waals surface area contributed by atoms with Gasteiger partial charge in [-0.3, -0.25) is 4.40 Å². The number of nitrogens with zero attached hydrogens (tertiary/aromatic N) is 4. The van der Waals surface area contributed by atoms with Crippen molar-refractivity contribution in [1.82, 2.24) is 24.9 Å². The summed E-state index contributed by atoms with van der Waals surface area (Å²) in [5.74, 6) is 0.841. The van der Waals surface area contributed by atoms with Gasteiger partial charge in [0, 0.05) is 35.8 Å². The maximum absolute atomic E-state index is 9.49. The van der Waals surface area contributed by atoms with Gasteiger partial charge in [0.25, 0.3) is 0 Å². The summed E-state index contributed by atoms with van der Waals surface area (Å²) in [6, 6.07) is 22.6. The molecule has 0 aliphatic carbocycles. The second kappa shape index (κ2) is 9.07. The summed E-state index contributed by atoms with van der Waals surface area (Å²) < 4.78 is 1.98. The van der Waals surface area contributed by atoms with Crippen LogP contribution >= 0.6 is 0 Å². The van der Waals surface area contributed by atoms with Crippen LogP contribution in [0.3, 0.4) is 0 Å². The molecule has 1 unspecified atom stereocenters. The molecule has 5 rings (SSSR count). The van der Waals surface area contributed by atoms with Crippen molar-refractivity contribution >= 4 is 16.6 Å². The highest BCUT2D eigenvalue weighted by Gasteiger charge is 2.15. The average Bonchev–Trinajstić information content (AvgIpc) is 3.25. The first-order valence-electron chi connectivity index (χ1n) is 10.9. The second-order valence-corrected chi connectivity index (χ2v) is 8.10. The third-order valence-electron chi connectivity index (χ3n) is 5.77. The van der Waals surface area contributed by atoms with Crippen LogP contribution in [0.15, 0.2) is 72.9 Å². The minimum atomic E-state index is -0.750. The molecular weight excluding hydrogens is 414 g/mol. The minimum Gasteiger partial charge on any atom is -0.394 e. The smallest absolute Gasteiger partial charge is 0.170 e. The SMILES string of the molecule is Cc1nnc2c3cc(-c4ccccc4)c(-c4ccc(CNCC(O)CO)cc4)nc3ccn12. The lowest BCUT2D eigenvalue weighted by Crippen LogP contribution is -2.28. The second-order valence-electron chi connectivity index (χ2n) is 8.10. The van der Waals surface area contributed by atoms with E-state index in [4.69, 9.17) is 10.1 Å². The molecule has 33 heavy (non-hydrogen) atoms. The molecule has 0 fully saturated rings. The first kappa shape index (κ1) is 21.2. The molecule has 0 aliphatic rings. The van der Waals surface area contributed by atoms with Crippen LogP contribution in [0.1, 0.15) is 11.4 Å². The Morgan fingerprint density at radius 1 is 0.970 bits per heavy atom. The predicted molar refractivity (Wildman–Crippen MR) is 129 cm³/mol. The maximum Gasteiger partial charge on any atom is 0.170 e. The molecule has 7 heteroatoms. The molecule has 1 atom stereocenters. The van der Waals surface area contributed by atoms with Crippen LogP contribution in [0, 0.1) is 6.92 Å². The van der Waals surface area contributed by atoms with Crippen molar-refractivity contribution in [2.45, 2.75) is 19.6 Å². The van der Waals surface area contributed by atoms with Crippen LogP contribution in [0.2, 0.25) is 0 Å². The molecule has 7 nitrogen and oxygen atoms in total. The molecule has 5 aromatic rings. The van der Waals surface area contributed by atoms with Crippen LogP contribution in [0.25, 0.3) is 38.9 Å². The Morgan fingerprint density at radius 3 is 2.52 bits per heavy atom. The molecular formula is C26H25N5O2. The normalized spacial score (nSPS) is 12.5. The van der Waals surface area contributed by atoms with Gasteiger partial charge >= 0.3 is 0 Å². The fourth-order valence-corrected chi connectivity index (χ4v) is 4.00. The summed E-state index contributed by atoms with van der Waals surface area (Å²) in [6.07, 6.45) is 1.21. The summed E-state index contributed by atoms with van der Waals surface area (Å²) in [6.45, 7) is 2.65. The van der Waals surface area contributed by atoms with E-state index < -0.39 is 6.10 Å². The molecule has 2 aromatic carbocycles. The third-order valence-corrected chi connectivity index (χ3v) is 5.77. The molecule has 0 spiro atoms. The molecule has 3 heterocycles. The van der Waals surface area contributed by atoms with Gasteiger partial charge in [0.15, 0.2) is 5.65 Å². The Kier molecular flexibility index (Phi) is 5.83. The van der Waals surface area contributed by atoms with Crippen molar-refractivity contribution in [2.24, 2.45) is 0 Å². The quantitative estimate of drug-likeness (QED) is 0.360. The molecule has 3 aromatic heterocycles. The molecule has 3 N–H and O–H groups in total. The first-order chi connectivity index (χ1) is 16.1. The molecule has 0 bridgehead atoms.